The summed E-state index contributed by atoms with van der Waals surface area (Å²) in [5, 5.41) is 1.06. The summed E-state index contributed by atoms with van der Waals surface area (Å²) < 4.78 is 15.4. The van der Waals surface area contributed by atoms with E-state index >= 15 is 0 Å². The van der Waals surface area contributed by atoms with Gasteiger partial charge in [-0.3, -0.25) is 14.2 Å². The summed E-state index contributed by atoms with van der Waals surface area (Å²) in [5.74, 6) is -0.830. The van der Waals surface area contributed by atoms with E-state index in [1.165, 1.54) is 23.9 Å². The zero-order chi connectivity index (χ0) is 18.5. The van der Waals surface area contributed by atoms with Gasteiger partial charge in [-0.05, 0) is 30.7 Å². The van der Waals surface area contributed by atoms with Crippen LogP contribution in [-0.4, -0.2) is 21.1 Å². The highest BCUT2D eigenvalue weighted by atomic mass is 32.2. The van der Waals surface area contributed by atoms with Crippen LogP contribution in [0.3, 0.4) is 0 Å². The number of unbranched alkanes of at least 4 members (excludes halogenated alkanes) is 1. The van der Waals surface area contributed by atoms with Crippen LogP contribution in [-0.2, 0) is 6.54 Å². The maximum atomic E-state index is 13.8. The SMILES string of the molecule is CCCCn1c(SCC(=O)c2ccccc2F)nc2ccccc2c1=O. The van der Waals surface area contributed by atoms with Gasteiger partial charge in [0.25, 0.3) is 5.56 Å². The number of hydrogen-bond acceptors (Lipinski definition) is 4. The van der Waals surface area contributed by atoms with Crippen LogP contribution in [0.2, 0.25) is 0 Å². The van der Waals surface area contributed by atoms with Crippen LogP contribution in [0.15, 0.2) is 58.5 Å². The lowest BCUT2D eigenvalue weighted by molar-refractivity contribution is 0.101. The molecule has 0 saturated carbocycles. The molecule has 0 atom stereocenters. The molecule has 0 aliphatic heterocycles. The number of aromatic nitrogens is 2. The Labute approximate surface area is 155 Å². The zero-order valence-corrected chi connectivity index (χ0v) is 15.3. The molecule has 1 aromatic heterocycles. The largest absolute Gasteiger partial charge is 0.293 e. The van der Waals surface area contributed by atoms with Crippen molar-refractivity contribution in [1.29, 1.82) is 0 Å². The maximum Gasteiger partial charge on any atom is 0.262 e. The predicted octanol–water partition coefficient (Wildman–Crippen LogP) is 4.31. The van der Waals surface area contributed by atoms with Gasteiger partial charge < -0.3 is 0 Å². The van der Waals surface area contributed by atoms with Gasteiger partial charge in [-0.25, -0.2) is 9.37 Å². The van der Waals surface area contributed by atoms with Crippen LogP contribution in [0.4, 0.5) is 4.39 Å². The smallest absolute Gasteiger partial charge is 0.262 e. The van der Waals surface area contributed by atoms with E-state index in [9.17, 15) is 14.0 Å². The highest BCUT2D eigenvalue weighted by Gasteiger charge is 2.15. The van der Waals surface area contributed by atoms with Crippen molar-refractivity contribution in [2.24, 2.45) is 0 Å². The number of thioether (sulfide) groups is 1. The average Bonchev–Trinajstić information content (AvgIpc) is 2.66. The summed E-state index contributed by atoms with van der Waals surface area (Å²) in [6.07, 6.45) is 1.78. The molecule has 134 valence electrons. The summed E-state index contributed by atoms with van der Waals surface area (Å²) in [7, 11) is 0. The van der Waals surface area contributed by atoms with E-state index in [2.05, 4.69) is 4.98 Å². The zero-order valence-electron chi connectivity index (χ0n) is 14.4. The van der Waals surface area contributed by atoms with Gasteiger partial charge >= 0.3 is 0 Å². The third-order valence-corrected chi connectivity index (χ3v) is 5.04. The molecule has 0 aliphatic carbocycles. The van der Waals surface area contributed by atoms with Crippen molar-refractivity contribution >= 4 is 28.4 Å². The van der Waals surface area contributed by atoms with Crippen LogP contribution >= 0.6 is 11.8 Å². The van der Waals surface area contributed by atoms with E-state index in [-0.39, 0.29) is 22.7 Å². The minimum Gasteiger partial charge on any atom is -0.293 e. The first-order valence-electron chi connectivity index (χ1n) is 8.52. The minimum atomic E-state index is -0.534. The molecule has 2 aromatic carbocycles. The molecule has 1 heterocycles. The fourth-order valence-corrected chi connectivity index (χ4v) is 3.58. The van der Waals surface area contributed by atoms with E-state index in [1.54, 1.807) is 28.8 Å². The Hall–Kier alpha value is -2.47. The van der Waals surface area contributed by atoms with Gasteiger partial charge in [0.2, 0.25) is 0 Å². The Morgan fingerprint density at radius 2 is 1.88 bits per heavy atom. The molecular weight excluding hydrogens is 351 g/mol. The van der Waals surface area contributed by atoms with E-state index in [4.69, 9.17) is 0 Å². The number of rotatable bonds is 7. The minimum absolute atomic E-state index is 0.0256. The van der Waals surface area contributed by atoms with Crippen molar-refractivity contribution in [2.45, 2.75) is 31.5 Å². The number of halogens is 1. The van der Waals surface area contributed by atoms with E-state index in [0.29, 0.717) is 22.6 Å². The molecule has 3 rings (SSSR count). The molecular formula is C20H19FN2O2S. The molecule has 0 radical (unpaired) electrons. The van der Waals surface area contributed by atoms with Crippen molar-refractivity contribution < 1.29 is 9.18 Å². The standard InChI is InChI=1S/C20H19FN2O2S/c1-2-3-12-23-19(25)15-9-5-7-11-17(15)22-20(23)26-13-18(24)14-8-4-6-10-16(14)21/h4-11H,2-3,12-13H2,1H3. The van der Waals surface area contributed by atoms with Gasteiger partial charge in [-0.15, -0.1) is 0 Å². The molecule has 0 bridgehead atoms. The van der Waals surface area contributed by atoms with Crippen molar-refractivity contribution in [3.63, 3.8) is 0 Å². The van der Waals surface area contributed by atoms with Crippen molar-refractivity contribution in [3.8, 4) is 0 Å². The topological polar surface area (TPSA) is 52.0 Å². The first-order chi connectivity index (χ1) is 12.6. The molecule has 0 fully saturated rings. The van der Waals surface area contributed by atoms with Crippen LogP contribution in [0.25, 0.3) is 10.9 Å². The molecule has 26 heavy (non-hydrogen) atoms. The summed E-state index contributed by atoms with van der Waals surface area (Å²) >= 11 is 1.17. The van der Waals surface area contributed by atoms with E-state index < -0.39 is 5.82 Å². The summed E-state index contributed by atoms with van der Waals surface area (Å²) in [6, 6.07) is 13.1. The molecule has 3 aromatic rings. The lowest BCUT2D eigenvalue weighted by Crippen LogP contribution is -2.24. The van der Waals surface area contributed by atoms with E-state index in [0.717, 1.165) is 12.8 Å². The van der Waals surface area contributed by atoms with Gasteiger partial charge in [-0.2, -0.15) is 0 Å². The Kier molecular flexibility index (Phi) is 5.83. The Morgan fingerprint density at radius 3 is 2.65 bits per heavy atom. The quantitative estimate of drug-likeness (QED) is 0.353. The highest BCUT2D eigenvalue weighted by Crippen LogP contribution is 2.20. The fourth-order valence-electron chi connectivity index (χ4n) is 2.67. The van der Waals surface area contributed by atoms with Gasteiger partial charge in [0.05, 0.1) is 22.2 Å². The molecule has 0 N–H and O–H groups in total. The van der Waals surface area contributed by atoms with E-state index in [1.807, 2.05) is 19.1 Å². The molecule has 4 nitrogen and oxygen atoms in total. The Bertz CT molecular complexity index is 1000. The lowest BCUT2D eigenvalue weighted by Gasteiger charge is -2.12. The number of ketones is 1. The third kappa shape index (κ3) is 3.85. The molecule has 6 heteroatoms. The van der Waals surface area contributed by atoms with Crippen LogP contribution in [0, 0.1) is 5.82 Å². The first kappa shape index (κ1) is 18.3. The number of Topliss-reactive ketones (excluding diaryl/α,β-unsaturated/α-hetero) is 1. The normalized spacial score (nSPS) is 11.0. The molecule has 0 amide bonds. The van der Waals surface area contributed by atoms with Crippen LogP contribution < -0.4 is 5.56 Å². The third-order valence-electron chi connectivity index (χ3n) is 4.07. The van der Waals surface area contributed by atoms with Gasteiger partial charge in [0.15, 0.2) is 10.9 Å². The Balaban J connectivity index is 1.92. The van der Waals surface area contributed by atoms with Crippen molar-refractivity contribution in [2.75, 3.05) is 5.75 Å². The first-order valence-corrected chi connectivity index (χ1v) is 9.50. The number of carbonyl (C=O) groups is 1. The monoisotopic (exact) mass is 370 g/mol. The number of para-hydroxylation sites is 1. The maximum absolute atomic E-state index is 13.8. The lowest BCUT2D eigenvalue weighted by atomic mass is 10.1. The molecule has 0 unspecified atom stereocenters. The second-order valence-corrected chi connectivity index (χ2v) is 6.86. The molecule has 0 aliphatic rings. The van der Waals surface area contributed by atoms with Gasteiger partial charge in [0, 0.05) is 6.54 Å². The molecule has 0 spiro atoms. The van der Waals surface area contributed by atoms with Gasteiger partial charge in [-0.1, -0.05) is 49.4 Å². The van der Waals surface area contributed by atoms with Gasteiger partial charge in [0.1, 0.15) is 5.82 Å². The Morgan fingerprint density at radius 1 is 1.15 bits per heavy atom. The number of benzene rings is 2. The second-order valence-electron chi connectivity index (χ2n) is 5.91. The number of carbonyl (C=O) groups excluding carboxylic acids is 1. The summed E-state index contributed by atoms with van der Waals surface area (Å²) in [6.45, 7) is 2.59. The number of nitrogens with zero attached hydrogens (tertiary/aromatic N) is 2. The number of fused-ring (bicyclic) bond motifs is 1. The second kappa shape index (κ2) is 8.27. The van der Waals surface area contributed by atoms with Crippen LogP contribution in [0.5, 0.6) is 0 Å². The average molecular weight is 370 g/mol. The van der Waals surface area contributed by atoms with Crippen molar-refractivity contribution in [1.82, 2.24) is 9.55 Å². The highest BCUT2D eigenvalue weighted by molar-refractivity contribution is 7.99. The van der Waals surface area contributed by atoms with Crippen molar-refractivity contribution in [3.05, 3.63) is 70.3 Å². The summed E-state index contributed by atoms with van der Waals surface area (Å²) in [4.78, 5) is 29.7. The fraction of sp³-hybridized carbons (Fsp3) is 0.250. The summed E-state index contributed by atoms with van der Waals surface area (Å²) in [5.41, 5.74) is 0.555. The molecule has 0 saturated heterocycles. The van der Waals surface area contributed by atoms with Crippen LogP contribution in [0.1, 0.15) is 30.1 Å². The predicted molar refractivity (Wildman–Crippen MR) is 102 cm³/mol. The number of hydrogen-bond donors (Lipinski definition) is 0.